The highest BCUT2D eigenvalue weighted by atomic mass is 31.2. The predicted molar refractivity (Wildman–Crippen MR) is 330 cm³/mol. The van der Waals surface area contributed by atoms with Crippen molar-refractivity contribution in [1.29, 1.82) is 0 Å². The van der Waals surface area contributed by atoms with Crippen molar-refractivity contribution < 1.29 is 134 Å². The fourth-order valence-electron chi connectivity index (χ4n) is 12.1. The summed E-state index contributed by atoms with van der Waals surface area (Å²) in [5.41, 5.74) is -20.0. The summed E-state index contributed by atoms with van der Waals surface area (Å²) in [7, 11) is -5.61. The van der Waals surface area contributed by atoms with Gasteiger partial charge in [-0.25, -0.2) is 4.57 Å². The number of benzene rings is 12. The number of halogens is 24. The lowest BCUT2D eigenvalue weighted by Crippen LogP contribution is -2.11. The fraction of sp³-hybridized carbons (Fsp3) is 0.111. The average molecular weight is 1480 g/mol. The van der Waals surface area contributed by atoms with Crippen LogP contribution in [-0.2, 0) is 54.0 Å². The molecule has 103 heavy (non-hydrogen) atoms. The fourth-order valence-corrected chi connectivity index (χ4v) is 13.0. The molecule has 0 saturated heterocycles. The van der Waals surface area contributed by atoms with E-state index in [9.17, 15) is 125 Å². The van der Waals surface area contributed by atoms with E-state index in [0.29, 0.717) is 48.5 Å². The van der Waals surface area contributed by atoms with Crippen molar-refractivity contribution in [2.24, 2.45) is 0 Å². The number of phenols is 2. The Morgan fingerprint density at radius 3 is 0.650 bits per heavy atom. The zero-order valence-electron chi connectivity index (χ0n) is 50.6. The second-order valence-corrected chi connectivity index (χ2v) is 24.6. The number of hydrogen-bond acceptors (Lipinski definition) is 5. The highest BCUT2D eigenvalue weighted by molar-refractivity contribution is 7.48. The number of phosphoric acid groups is 1. The number of aromatic hydroxyl groups is 2. The van der Waals surface area contributed by atoms with E-state index in [2.05, 4.69) is 0 Å². The summed E-state index contributed by atoms with van der Waals surface area (Å²) in [4.78, 5) is 11.1. The smallest absolute Gasteiger partial charge is 0.507 e. The van der Waals surface area contributed by atoms with Gasteiger partial charge in [-0.2, -0.15) is 105 Å². The van der Waals surface area contributed by atoms with Crippen molar-refractivity contribution in [3.05, 3.63) is 239 Å². The standard InChI is InChI=1S/C36H17F12O4P.C36H18F12O2/c37-33(38,39)21-9-19(10-22(15-21)34(40,41)42)27-13-17-5-1-3-7-25(17)29-30-26-8-4-2-6-18(26)14-28(32(30)52-53(49,50)51-31(27)29)20-11-23(35(43,44)45)16-24(12-20)36(46,47)48;37-33(38,39)21-9-19(10-22(15-21)34(40,41)42)27-13-17-5-1-3-7-25(17)29(31(27)49)30-26-8-4-2-6-18(26)14-28(32(30)50)20-11-23(35(43,44)45)16-24(12-20)36(46,47)48/h1-16H,(H,49,50);1-16,49-50H. The zero-order valence-corrected chi connectivity index (χ0v) is 51.5. The zero-order chi connectivity index (χ0) is 75.0. The number of rotatable bonds is 5. The molecule has 0 aliphatic carbocycles. The third kappa shape index (κ3) is 14.1. The SMILES string of the molecule is O=P1(O)Oc2c(-c3cc(C(F)(F)F)cc(C(F)(F)F)c3)cc3ccccc3c2-c2c(c(-c3cc(C(F)(F)F)cc(C(F)(F)F)c3)cc3ccccc23)O1.Oc1c(-c2cc(C(F)(F)F)cc(C(F)(F)F)c2)cc2ccccc2c1-c1c(O)c(-c2cc(C(F)(F)F)cc(C(F)(F)F)c2)cc2ccccc12. The molecule has 6 nitrogen and oxygen atoms in total. The van der Waals surface area contributed by atoms with E-state index in [0.717, 1.165) is 24.3 Å². The average Bonchev–Trinajstić information content (AvgIpc) is 1.70. The van der Waals surface area contributed by atoms with E-state index in [1.165, 1.54) is 97.1 Å². The first kappa shape index (κ1) is 72.2. The van der Waals surface area contributed by atoms with Crippen LogP contribution in [0.25, 0.3) is 110 Å². The molecule has 0 aromatic heterocycles. The first-order chi connectivity index (χ1) is 47.7. The van der Waals surface area contributed by atoms with Crippen molar-refractivity contribution in [2.75, 3.05) is 0 Å². The number of phenolic OH excluding ortho intramolecular Hbond substituents is 2. The van der Waals surface area contributed by atoms with Crippen LogP contribution in [0.3, 0.4) is 0 Å². The molecule has 0 spiro atoms. The lowest BCUT2D eigenvalue weighted by Gasteiger charge is -2.21. The molecule has 0 saturated carbocycles. The molecule has 532 valence electrons. The number of fused-ring (bicyclic) bond motifs is 9. The molecular formula is C72H35F24O6P. The van der Waals surface area contributed by atoms with Gasteiger partial charge in [-0.05, 0) is 162 Å². The second kappa shape index (κ2) is 24.8. The van der Waals surface area contributed by atoms with E-state index in [1.807, 2.05) is 0 Å². The van der Waals surface area contributed by atoms with Crippen molar-refractivity contribution >= 4 is 50.9 Å². The van der Waals surface area contributed by atoms with Gasteiger partial charge < -0.3 is 19.3 Å². The van der Waals surface area contributed by atoms with Crippen LogP contribution < -0.4 is 9.05 Å². The van der Waals surface area contributed by atoms with E-state index in [1.54, 1.807) is 0 Å². The van der Waals surface area contributed by atoms with Crippen molar-refractivity contribution in [2.45, 2.75) is 49.4 Å². The highest BCUT2D eigenvalue weighted by Gasteiger charge is 2.44. The molecule has 1 heterocycles. The van der Waals surface area contributed by atoms with E-state index >= 15 is 0 Å². The van der Waals surface area contributed by atoms with Gasteiger partial charge in [0.15, 0.2) is 0 Å². The van der Waals surface area contributed by atoms with Gasteiger partial charge in [-0.15, -0.1) is 0 Å². The van der Waals surface area contributed by atoms with Gasteiger partial charge in [0.05, 0.1) is 44.5 Å². The molecule has 0 radical (unpaired) electrons. The first-order valence-electron chi connectivity index (χ1n) is 29.2. The minimum atomic E-state index is -5.61. The Morgan fingerprint density at radius 2 is 0.437 bits per heavy atom. The van der Waals surface area contributed by atoms with Crippen molar-refractivity contribution in [1.82, 2.24) is 0 Å². The van der Waals surface area contributed by atoms with Crippen molar-refractivity contribution in [3.8, 4) is 89.8 Å². The summed E-state index contributed by atoms with van der Waals surface area (Å²) in [6, 6.07) is 30.0. The summed E-state index contributed by atoms with van der Waals surface area (Å²) >= 11 is 0. The highest BCUT2D eigenvalue weighted by Crippen LogP contribution is 2.63. The van der Waals surface area contributed by atoms with E-state index in [4.69, 9.17) is 9.05 Å². The topological polar surface area (TPSA) is 96.2 Å². The monoisotopic (exact) mass is 1480 g/mol. The molecule has 1 aliphatic rings. The Bertz CT molecular complexity index is 5030. The third-order valence-corrected chi connectivity index (χ3v) is 17.4. The van der Waals surface area contributed by atoms with Gasteiger partial charge in [0, 0.05) is 44.5 Å². The van der Waals surface area contributed by atoms with Gasteiger partial charge >= 0.3 is 57.2 Å². The maximum absolute atomic E-state index is 14.0. The molecule has 0 bridgehead atoms. The van der Waals surface area contributed by atoms with Gasteiger partial charge in [0.1, 0.15) is 23.0 Å². The Morgan fingerprint density at radius 1 is 0.252 bits per heavy atom. The quantitative estimate of drug-likeness (QED) is 0.117. The molecular weight excluding hydrogens is 1450 g/mol. The largest absolute Gasteiger partial charge is 0.584 e. The summed E-state index contributed by atoms with van der Waals surface area (Å²) < 4.78 is 358. The molecule has 12 aromatic rings. The molecule has 0 atom stereocenters. The molecule has 1 aliphatic heterocycles. The van der Waals surface area contributed by atoms with Crippen LogP contribution in [0.1, 0.15) is 44.5 Å². The molecule has 31 heteroatoms. The van der Waals surface area contributed by atoms with E-state index in [-0.39, 0.29) is 89.6 Å². The Hall–Kier alpha value is -10.6. The van der Waals surface area contributed by atoms with Crippen LogP contribution in [-0.4, -0.2) is 15.1 Å². The van der Waals surface area contributed by atoms with Crippen LogP contribution >= 0.6 is 7.82 Å². The van der Waals surface area contributed by atoms with Crippen LogP contribution in [0, 0.1) is 0 Å². The normalized spacial score (nSPS) is 13.8. The van der Waals surface area contributed by atoms with E-state index < -0.39 is 169 Å². The lowest BCUT2D eigenvalue weighted by molar-refractivity contribution is -0.144. The van der Waals surface area contributed by atoms with Gasteiger partial charge in [-0.1, -0.05) is 97.1 Å². The molecule has 0 unspecified atom stereocenters. The van der Waals surface area contributed by atoms with Gasteiger partial charge in [-0.3, -0.25) is 4.89 Å². The van der Waals surface area contributed by atoms with Crippen molar-refractivity contribution in [3.63, 3.8) is 0 Å². The molecule has 13 rings (SSSR count). The molecule has 3 N–H and O–H groups in total. The summed E-state index contributed by atoms with van der Waals surface area (Å²) in [5.74, 6) is -3.34. The minimum absolute atomic E-state index is 0.0920. The third-order valence-electron chi connectivity index (χ3n) is 16.6. The molecule has 12 aromatic carbocycles. The molecule has 0 amide bonds. The predicted octanol–water partition coefficient (Wildman–Crippen LogP) is 25.4. The first-order valence-corrected chi connectivity index (χ1v) is 30.7. The Kier molecular flexibility index (Phi) is 17.4. The number of phosphoric ester groups is 1. The van der Waals surface area contributed by atoms with Crippen LogP contribution in [0.4, 0.5) is 105 Å². The van der Waals surface area contributed by atoms with Gasteiger partial charge in [0.2, 0.25) is 0 Å². The summed E-state index contributed by atoms with van der Waals surface area (Å²) in [6.45, 7) is 0. The summed E-state index contributed by atoms with van der Waals surface area (Å²) in [6.07, 6.45) is -42.1. The maximum Gasteiger partial charge on any atom is 0.584 e. The lowest BCUT2D eigenvalue weighted by atomic mass is 9.85. The Labute approximate surface area is 561 Å². The van der Waals surface area contributed by atoms with Gasteiger partial charge in [0.25, 0.3) is 0 Å². The number of hydrogen-bond donors (Lipinski definition) is 3. The summed E-state index contributed by atoms with van der Waals surface area (Å²) in [5, 5.41) is 24.5. The molecule has 0 fully saturated rings. The van der Waals surface area contributed by atoms with Crippen LogP contribution in [0.2, 0.25) is 0 Å². The van der Waals surface area contributed by atoms with Crippen LogP contribution in [0.15, 0.2) is 194 Å². The maximum atomic E-state index is 14.0. The number of alkyl halides is 24. The second-order valence-electron chi connectivity index (χ2n) is 23.3. The Balaban J connectivity index is 0.000000194. The minimum Gasteiger partial charge on any atom is -0.507 e. The van der Waals surface area contributed by atoms with Crippen LogP contribution in [0.5, 0.6) is 23.0 Å².